The Morgan fingerprint density at radius 3 is 2.87 bits per heavy atom. The number of aryl methyl sites for hydroxylation is 2. The maximum atomic E-state index is 14.4. The maximum absolute atomic E-state index is 14.4. The van der Waals surface area contributed by atoms with Crippen LogP contribution in [0.4, 0.5) is 4.39 Å². The largest absolute Gasteiger partial charge is 0.487 e. The number of hydrogen-bond donors (Lipinski definition) is 1. The van der Waals surface area contributed by atoms with Crippen LogP contribution in [0.1, 0.15) is 49.6 Å². The summed E-state index contributed by atoms with van der Waals surface area (Å²) in [6.45, 7) is 6.07. The molecule has 0 bridgehead atoms. The summed E-state index contributed by atoms with van der Waals surface area (Å²) in [4.78, 5) is 22.1. The van der Waals surface area contributed by atoms with Crippen molar-refractivity contribution >= 4 is 28.4 Å². The van der Waals surface area contributed by atoms with Gasteiger partial charge >= 0.3 is 0 Å². The minimum atomic E-state index is -0.894. The van der Waals surface area contributed by atoms with Gasteiger partial charge in [0.25, 0.3) is 5.91 Å². The zero-order valence-corrected chi connectivity index (χ0v) is 22.5. The lowest BCUT2D eigenvalue weighted by atomic mass is 9.98. The molecule has 1 aliphatic heterocycles. The van der Waals surface area contributed by atoms with E-state index in [4.69, 9.17) is 26.1 Å². The molecule has 0 radical (unpaired) electrons. The second-order valence-electron chi connectivity index (χ2n) is 9.79. The molecule has 198 valence electrons. The van der Waals surface area contributed by atoms with E-state index in [1.807, 2.05) is 38.2 Å². The first kappa shape index (κ1) is 26.1. The van der Waals surface area contributed by atoms with E-state index in [0.29, 0.717) is 41.2 Å². The van der Waals surface area contributed by atoms with Crippen molar-refractivity contribution in [2.45, 2.75) is 51.9 Å². The van der Waals surface area contributed by atoms with Crippen LogP contribution in [0.3, 0.4) is 0 Å². The van der Waals surface area contributed by atoms with Crippen molar-refractivity contribution in [2.24, 2.45) is 7.05 Å². The summed E-state index contributed by atoms with van der Waals surface area (Å²) in [6, 6.07) is 9.73. The van der Waals surface area contributed by atoms with E-state index in [0.717, 1.165) is 23.1 Å². The van der Waals surface area contributed by atoms with Gasteiger partial charge in [-0.1, -0.05) is 23.7 Å². The molecule has 8 nitrogen and oxygen atoms in total. The van der Waals surface area contributed by atoms with Crippen LogP contribution in [0.5, 0.6) is 5.75 Å². The number of fused-ring (bicyclic) bond motifs is 1. The van der Waals surface area contributed by atoms with Gasteiger partial charge in [0.15, 0.2) is 5.82 Å². The lowest BCUT2D eigenvalue weighted by Gasteiger charge is -2.26. The highest BCUT2D eigenvalue weighted by atomic mass is 35.5. The SMILES string of the molecule is Cc1cc(-c2ncnn2C)c2cccc(OCc3c(Cl)cc(F)cc3[C@H](C)NC(=O)C3(C)CCCO3)c2n1. The van der Waals surface area contributed by atoms with Gasteiger partial charge in [-0.3, -0.25) is 4.79 Å². The molecule has 1 N–H and O–H groups in total. The molecule has 3 heterocycles. The number of para-hydroxylation sites is 1. The smallest absolute Gasteiger partial charge is 0.252 e. The summed E-state index contributed by atoms with van der Waals surface area (Å²) in [5.41, 5.74) is 2.57. The number of nitrogens with zero attached hydrogens (tertiary/aromatic N) is 4. The summed E-state index contributed by atoms with van der Waals surface area (Å²) in [5, 5.41) is 8.23. The average Bonchev–Trinajstić information content (AvgIpc) is 3.51. The fourth-order valence-electron chi connectivity index (χ4n) is 4.89. The number of nitrogens with one attached hydrogen (secondary N) is 1. The third kappa shape index (κ3) is 4.96. The zero-order chi connectivity index (χ0) is 27.0. The second kappa shape index (κ2) is 10.3. The van der Waals surface area contributed by atoms with Crippen molar-refractivity contribution in [3.63, 3.8) is 0 Å². The summed E-state index contributed by atoms with van der Waals surface area (Å²) < 4.78 is 28.0. The highest BCUT2D eigenvalue weighted by molar-refractivity contribution is 6.31. The summed E-state index contributed by atoms with van der Waals surface area (Å²) in [6.07, 6.45) is 2.96. The fraction of sp³-hybridized carbons (Fsp3) is 0.357. The molecular weight excluding hydrogens is 509 g/mol. The highest BCUT2D eigenvalue weighted by Gasteiger charge is 2.38. The Morgan fingerprint density at radius 2 is 2.16 bits per heavy atom. The average molecular weight is 538 g/mol. The maximum Gasteiger partial charge on any atom is 0.252 e. The van der Waals surface area contributed by atoms with Gasteiger partial charge in [-0.2, -0.15) is 5.10 Å². The van der Waals surface area contributed by atoms with E-state index in [2.05, 4.69) is 15.4 Å². The Bertz CT molecular complexity index is 1520. The minimum absolute atomic E-state index is 0.0520. The fourth-order valence-corrected chi connectivity index (χ4v) is 5.16. The number of halogens is 2. The Morgan fingerprint density at radius 1 is 1.34 bits per heavy atom. The molecule has 0 spiro atoms. The van der Waals surface area contributed by atoms with Gasteiger partial charge in [0, 0.05) is 35.9 Å². The molecule has 2 aromatic carbocycles. The second-order valence-corrected chi connectivity index (χ2v) is 10.2. The van der Waals surface area contributed by atoms with Crippen LogP contribution >= 0.6 is 11.6 Å². The standard InChI is InChI=1S/C28H29ClFN5O3/c1-16-11-21(26-31-15-32-35(26)4)19-7-5-8-24(25(19)33-16)37-14-22-20(12-18(30)13-23(22)29)17(2)34-27(36)28(3)9-6-10-38-28/h5,7-8,11-13,15,17H,6,9-10,14H2,1-4H3,(H,34,36)/t17-,28?/m0/s1. The Kier molecular flexibility index (Phi) is 7.07. The molecular formula is C28H29ClFN5O3. The quantitative estimate of drug-likeness (QED) is 0.337. The first-order chi connectivity index (χ1) is 18.2. The lowest BCUT2D eigenvalue weighted by molar-refractivity contribution is -0.140. The van der Waals surface area contributed by atoms with Crippen molar-refractivity contribution in [2.75, 3.05) is 6.61 Å². The number of pyridine rings is 1. The predicted molar refractivity (Wildman–Crippen MR) is 142 cm³/mol. The molecule has 4 aromatic rings. The number of carbonyl (C=O) groups is 1. The zero-order valence-electron chi connectivity index (χ0n) is 21.7. The number of hydrogen-bond acceptors (Lipinski definition) is 6. The van der Waals surface area contributed by atoms with E-state index in [1.165, 1.54) is 18.5 Å². The van der Waals surface area contributed by atoms with E-state index < -0.39 is 17.5 Å². The highest BCUT2D eigenvalue weighted by Crippen LogP contribution is 2.34. The van der Waals surface area contributed by atoms with Crippen molar-refractivity contribution in [1.29, 1.82) is 0 Å². The van der Waals surface area contributed by atoms with Crippen molar-refractivity contribution < 1.29 is 18.7 Å². The Hall–Kier alpha value is -3.56. The molecule has 1 unspecified atom stereocenters. The van der Waals surface area contributed by atoms with Crippen molar-refractivity contribution in [1.82, 2.24) is 25.1 Å². The molecule has 1 aliphatic rings. The lowest BCUT2D eigenvalue weighted by Crippen LogP contribution is -2.45. The van der Waals surface area contributed by atoms with Crippen LogP contribution in [0.25, 0.3) is 22.3 Å². The number of amides is 1. The Labute approximate surface area is 225 Å². The third-order valence-corrected chi connectivity index (χ3v) is 7.30. The van der Waals surface area contributed by atoms with E-state index in [1.54, 1.807) is 18.5 Å². The Balaban J connectivity index is 1.46. The van der Waals surface area contributed by atoms with Crippen LogP contribution in [0.2, 0.25) is 5.02 Å². The number of aromatic nitrogens is 4. The van der Waals surface area contributed by atoms with Gasteiger partial charge in [-0.15, -0.1) is 0 Å². The topological polar surface area (TPSA) is 91.2 Å². The first-order valence-corrected chi connectivity index (χ1v) is 12.8. The van der Waals surface area contributed by atoms with Crippen molar-refractivity contribution in [3.8, 4) is 17.1 Å². The van der Waals surface area contributed by atoms with E-state index in [9.17, 15) is 9.18 Å². The normalized spacial score (nSPS) is 18.1. The number of carbonyl (C=O) groups excluding carboxylic acids is 1. The molecule has 1 saturated heterocycles. The number of rotatable bonds is 7. The molecule has 1 fully saturated rings. The van der Waals surface area contributed by atoms with Crippen molar-refractivity contribution in [3.05, 3.63) is 70.4 Å². The first-order valence-electron chi connectivity index (χ1n) is 12.5. The molecule has 2 atom stereocenters. The molecule has 38 heavy (non-hydrogen) atoms. The molecule has 10 heteroatoms. The van der Waals surface area contributed by atoms with E-state index >= 15 is 0 Å². The van der Waals surface area contributed by atoms with Gasteiger partial charge in [0.2, 0.25) is 0 Å². The van der Waals surface area contributed by atoms with Gasteiger partial charge < -0.3 is 14.8 Å². The van der Waals surface area contributed by atoms with Gasteiger partial charge in [-0.25, -0.2) is 19.0 Å². The van der Waals surface area contributed by atoms with Crippen LogP contribution in [0, 0.1) is 12.7 Å². The van der Waals surface area contributed by atoms with Crippen LogP contribution in [0.15, 0.2) is 42.7 Å². The number of ether oxygens (including phenoxy) is 2. The van der Waals surface area contributed by atoms with E-state index in [-0.39, 0.29) is 17.5 Å². The molecule has 0 saturated carbocycles. The predicted octanol–water partition coefficient (Wildman–Crippen LogP) is 5.46. The van der Waals surface area contributed by atoms with Gasteiger partial charge in [0.05, 0.1) is 11.1 Å². The molecule has 2 aromatic heterocycles. The number of benzene rings is 2. The minimum Gasteiger partial charge on any atom is -0.487 e. The monoisotopic (exact) mass is 537 g/mol. The van der Waals surface area contributed by atoms with Gasteiger partial charge in [0.1, 0.15) is 35.6 Å². The van der Waals surface area contributed by atoms with Crippen LogP contribution < -0.4 is 10.1 Å². The van der Waals surface area contributed by atoms with Crippen LogP contribution in [-0.4, -0.2) is 37.9 Å². The third-order valence-electron chi connectivity index (χ3n) is 6.96. The summed E-state index contributed by atoms with van der Waals surface area (Å²) in [5.74, 6) is 0.532. The van der Waals surface area contributed by atoms with Crippen LogP contribution in [-0.2, 0) is 23.2 Å². The summed E-state index contributed by atoms with van der Waals surface area (Å²) >= 11 is 6.50. The molecule has 5 rings (SSSR count). The molecule has 1 amide bonds. The summed E-state index contributed by atoms with van der Waals surface area (Å²) in [7, 11) is 1.83. The molecule has 0 aliphatic carbocycles. The van der Waals surface area contributed by atoms with Gasteiger partial charge in [-0.05, 0) is 63.4 Å².